The van der Waals surface area contributed by atoms with E-state index >= 15 is 0 Å². The van der Waals surface area contributed by atoms with Gasteiger partial charge in [0.05, 0.1) is 26.8 Å². The summed E-state index contributed by atoms with van der Waals surface area (Å²) >= 11 is 12.0. The van der Waals surface area contributed by atoms with Crippen molar-refractivity contribution in [1.29, 1.82) is 0 Å². The molecule has 0 atom stereocenters. The number of halogens is 2. The molecule has 0 saturated carbocycles. The molecule has 0 spiro atoms. The second-order valence-corrected chi connectivity index (χ2v) is 7.91. The topological polar surface area (TPSA) is 59.9 Å². The number of hydrogen-bond donors (Lipinski definition) is 0. The van der Waals surface area contributed by atoms with Crippen molar-refractivity contribution in [2.45, 2.75) is 11.4 Å². The van der Waals surface area contributed by atoms with Gasteiger partial charge in [-0.25, -0.2) is 18.4 Å². The number of sulfone groups is 1. The molecule has 0 amide bonds. The van der Waals surface area contributed by atoms with E-state index in [2.05, 4.69) is 9.97 Å². The van der Waals surface area contributed by atoms with E-state index in [9.17, 15) is 8.42 Å². The highest BCUT2D eigenvalue weighted by atomic mass is 35.5. The second kappa shape index (κ2) is 6.07. The number of hydrogen-bond acceptors (Lipinski definition) is 4. The SMILES string of the molecule is CS(=O)(=O)c1nc2cc(Cl)c(Cl)cc2nc1Cc1ccccc1. The van der Waals surface area contributed by atoms with E-state index in [1.807, 2.05) is 30.3 Å². The van der Waals surface area contributed by atoms with Gasteiger partial charge >= 0.3 is 0 Å². The molecule has 0 saturated heterocycles. The molecule has 0 aliphatic rings. The average Bonchev–Trinajstić information content (AvgIpc) is 2.48. The van der Waals surface area contributed by atoms with Crippen molar-refractivity contribution in [2.75, 3.05) is 6.26 Å². The number of fused-ring (bicyclic) bond motifs is 1. The third kappa shape index (κ3) is 3.47. The average molecular weight is 367 g/mol. The van der Waals surface area contributed by atoms with Crippen molar-refractivity contribution >= 4 is 44.1 Å². The number of benzene rings is 2. The number of rotatable bonds is 3. The molecule has 1 aromatic heterocycles. The summed E-state index contributed by atoms with van der Waals surface area (Å²) in [6.45, 7) is 0. The summed E-state index contributed by atoms with van der Waals surface area (Å²) in [6.07, 6.45) is 1.49. The van der Waals surface area contributed by atoms with Gasteiger partial charge in [0.2, 0.25) is 0 Å². The fourth-order valence-corrected chi connectivity index (χ4v) is 3.40. The van der Waals surface area contributed by atoms with Gasteiger partial charge in [-0.15, -0.1) is 0 Å². The summed E-state index contributed by atoms with van der Waals surface area (Å²) in [7, 11) is -3.52. The molecule has 118 valence electrons. The smallest absolute Gasteiger partial charge is 0.194 e. The summed E-state index contributed by atoms with van der Waals surface area (Å²) in [5.41, 5.74) is 2.25. The summed E-state index contributed by atoms with van der Waals surface area (Å²) in [5.74, 6) is 0. The molecule has 0 unspecified atom stereocenters. The first-order chi connectivity index (χ1) is 10.8. The van der Waals surface area contributed by atoms with Gasteiger partial charge in [0.25, 0.3) is 0 Å². The molecule has 0 radical (unpaired) electrons. The van der Waals surface area contributed by atoms with Crippen molar-refractivity contribution in [3.05, 3.63) is 63.8 Å². The first kappa shape index (κ1) is 16.2. The van der Waals surface area contributed by atoms with Crippen LogP contribution in [-0.4, -0.2) is 24.6 Å². The Hall–Kier alpha value is -1.69. The highest BCUT2D eigenvalue weighted by Gasteiger charge is 2.19. The highest BCUT2D eigenvalue weighted by molar-refractivity contribution is 7.90. The second-order valence-electron chi connectivity index (χ2n) is 5.17. The minimum absolute atomic E-state index is 0.0350. The fraction of sp³-hybridized carbons (Fsp3) is 0.125. The van der Waals surface area contributed by atoms with E-state index in [-0.39, 0.29) is 5.03 Å². The monoisotopic (exact) mass is 366 g/mol. The van der Waals surface area contributed by atoms with E-state index in [1.54, 1.807) is 6.07 Å². The molecule has 1 heterocycles. The minimum Gasteiger partial charge on any atom is -0.248 e. The summed E-state index contributed by atoms with van der Waals surface area (Å²) in [6, 6.07) is 12.6. The van der Waals surface area contributed by atoms with Crippen LogP contribution >= 0.6 is 23.2 Å². The van der Waals surface area contributed by atoms with Crippen molar-refractivity contribution in [2.24, 2.45) is 0 Å². The molecule has 23 heavy (non-hydrogen) atoms. The van der Waals surface area contributed by atoms with E-state index in [0.717, 1.165) is 11.8 Å². The van der Waals surface area contributed by atoms with E-state index < -0.39 is 9.84 Å². The lowest BCUT2D eigenvalue weighted by molar-refractivity contribution is 0.596. The quantitative estimate of drug-likeness (QED) is 0.704. The van der Waals surface area contributed by atoms with Crippen LogP contribution in [-0.2, 0) is 16.3 Å². The Kier molecular flexibility index (Phi) is 4.27. The summed E-state index contributed by atoms with van der Waals surface area (Å²) in [4.78, 5) is 8.71. The van der Waals surface area contributed by atoms with Crippen LogP contribution in [0.15, 0.2) is 47.5 Å². The molecule has 3 aromatic rings. The van der Waals surface area contributed by atoms with Crippen molar-refractivity contribution in [3.63, 3.8) is 0 Å². The van der Waals surface area contributed by atoms with Gasteiger partial charge in [0, 0.05) is 12.7 Å². The summed E-state index contributed by atoms with van der Waals surface area (Å²) in [5, 5.41) is 0.627. The van der Waals surface area contributed by atoms with Crippen LogP contribution in [0.1, 0.15) is 11.3 Å². The third-order valence-electron chi connectivity index (χ3n) is 3.31. The van der Waals surface area contributed by atoms with Gasteiger partial charge in [-0.05, 0) is 17.7 Å². The Labute approximate surface area is 144 Å². The molecule has 0 bridgehead atoms. The van der Waals surface area contributed by atoms with Gasteiger partial charge < -0.3 is 0 Å². The predicted octanol–water partition coefficient (Wildman–Crippen LogP) is 3.93. The van der Waals surface area contributed by atoms with Gasteiger partial charge in [0.1, 0.15) is 0 Å². The molecule has 0 aliphatic carbocycles. The molecular weight excluding hydrogens is 355 g/mol. The summed E-state index contributed by atoms with van der Waals surface area (Å²) < 4.78 is 24.2. The lowest BCUT2D eigenvalue weighted by Crippen LogP contribution is -2.09. The Bertz CT molecular complexity index is 990. The lowest BCUT2D eigenvalue weighted by Gasteiger charge is -2.09. The van der Waals surface area contributed by atoms with Crippen molar-refractivity contribution in [1.82, 2.24) is 9.97 Å². The third-order valence-corrected chi connectivity index (χ3v) is 5.06. The molecule has 2 aromatic carbocycles. The van der Waals surface area contributed by atoms with E-state index in [0.29, 0.717) is 33.2 Å². The molecule has 0 aliphatic heterocycles. The standard InChI is InChI=1S/C16H12Cl2N2O2S/c1-23(21,22)16-15(7-10-5-3-2-4-6-10)19-13-8-11(17)12(18)9-14(13)20-16/h2-6,8-9H,7H2,1H3. The first-order valence-corrected chi connectivity index (χ1v) is 9.39. The minimum atomic E-state index is -3.52. The Balaban J connectivity index is 2.23. The molecule has 0 N–H and O–H groups in total. The van der Waals surface area contributed by atoms with Gasteiger partial charge in [-0.3, -0.25) is 0 Å². The Morgan fingerprint density at radius 2 is 1.52 bits per heavy atom. The molecule has 7 heteroatoms. The highest BCUT2D eigenvalue weighted by Crippen LogP contribution is 2.28. The molecule has 4 nitrogen and oxygen atoms in total. The van der Waals surface area contributed by atoms with Crippen LogP contribution < -0.4 is 0 Å². The number of aromatic nitrogens is 2. The number of nitrogens with zero attached hydrogens (tertiary/aromatic N) is 2. The van der Waals surface area contributed by atoms with Crippen molar-refractivity contribution < 1.29 is 8.42 Å². The Morgan fingerprint density at radius 3 is 2.09 bits per heavy atom. The van der Waals surface area contributed by atoms with Gasteiger partial charge in [-0.1, -0.05) is 53.5 Å². The maximum atomic E-state index is 12.1. The van der Waals surface area contributed by atoms with Gasteiger partial charge in [-0.2, -0.15) is 0 Å². The van der Waals surface area contributed by atoms with Gasteiger partial charge in [0.15, 0.2) is 14.9 Å². The molecular formula is C16H12Cl2N2O2S. The van der Waals surface area contributed by atoms with Crippen LogP contribution in [0.4, 0.5) is 0 Å². The lowest BCUT2D eigenvalue weighted by atomic mass is 10.1. The zero-order chi connectivity index (χ0) is 16.6. The predicted molar refractivity (Wildman–Crippen MR) is 91.9 cm³/mol. The molecule has 0 fully saturated rings. The fourth-order valence-electron chi connectivity index (χ4n) is 2.27. The van der Waals surface area contributed by atoms with Crippen LogP contribution in [0.2, 0.25) is 10.0 Å². The maximum absolute atomic E-state index is 12.1. The normalized spacial score (nSPS) is 11.8. The zero-order valence-electron chi connectivity index (χ0n) is 12.1. The van der Waals surface area contributed by atoms with Crippen LogP contribution in [0.3, 0.4) is 0 Å². The largest absolute Gasteiger partial charge is 0.248 e. The first-order valence-electron chi connectivity index (χ1n) is 6.74. The Morgan fingerprint density at radius 1 is 0.957 bits per heavy atom. The van der Waals surface area contributed by atoms with Crippen LogP contribution in [0, 0.1) is 0 Å². The van der Waals surface area contributed by atoms with Crippen molar-refractivity contribution in [3.8, 4) is 0 Å². The maximum Gasteiger partial charge on any atom is 0.194 e. The van der Waals surface area contributed by atoms with Crippen LogP contribution in [0.5, 0.6) is 0 Å². The zero-order valence-corrected chi connectivity index (χ0v) is 14.5. The molecule has 3 rings (SSSR count). The van der Waals surface area contributed by atoms with E-state index in [1.165, 1.54) is 6.07 Å². The van der Waals surface area contributed by atoms with Crippen LogP contribution in [0.25, 0.3) is 11.0 Å². The van der Waals surface area contributed by atoms with E-state index in [4.69, 9.17) is 23.2 Å².